The highest BCUT2D eigenvalue weighted by Gasteiger charge is 2.30. The summed E-state index contributed by atoms with van der Waals surface area (Å²) in [5.41, 5.74) is 0. The van der Waals surface area contributed by atoms with Crippen LogP contribution in [-0.2, 0) is 19.1 Å². The molecule has 0 aromatic heterocycles. The van der Waals surface area contributed by atoms with Crippen LogP contribution >= 0.6 is 0 Å². The molecule has 1 fully saturated rings. The first-order chi connectivity index (χ1) is 9.19. The Morgan fingerprint density at radius 1 is 1.26 bits per heavy atom. The maximum Gasteiger partial charge on any atom is 0.323 e. The molecule has 0 spiro atoms. The number of unbranched alkanes of at least 4 members (excludes halogenated alkanes) is 2. The van der Waals surface area contributed by atoms with E-state index in [4.69, 9.17) is 9.47 Å². The average molecular weight is 271 g/mol. The van der Waals surface area contributed by atoms with Gasteiger partial charge >= 0.3 is 11.9 Å². The van der Waals surface area contributed by atoms with E-state index in [0.717, 1.165) is 45.2 Å². The molecule has 0 aromatic carbocycles. The monoisotopic (exact) mass is 271 g/mol. The van der Waals surface area contributed by atoms with Crippen LogP contribution in [0.1, 0.15) is 45.4 Å². The van der Waals surface area contributed by atoms with Crippen LogP contribution < -0.4 is 0 Å². The van der Waals surface area contributed by atoms with Crippen LogP contribution in [0.3, 0.4) is 0 Å². The lowest BCUT2D eigenvalue weighted by Crippen LogP contribution is -2.37. The van der Waals surface area contributed by atoms with Crippen molar-refractivity contribution < 1.29 is 19.1 Å². The summed E-state index contributed by atoms with van der Waals surface area (Å²) >= 11 is 0. The third kappa shape index (κ3) is 5.59. The van der Waals surface area contributed by atoms with Crippen molar-refractivity contribution in [2.75, 3.05) is 26.8 Å². The van der Waals surface area contributed by atoms with Gasteiger partial charge in [0.1, 0.15) is 6.04 Å². The molecular formula is C14H25NO4. The van der Waals surface area contributed by atoms with Gasteiger partial charge < -0.3 is 9.47 Å². The molecular weight excluding hydrogens is 246 g/mol. The van der Waals surface area contributed by atoms with Crippen LogP contribution in [-0.4, -0.2) is 49.7 Å². The summed E-state index contributed by atoms with van der Waals surface area (Å²) in [6.07, 6.45) is 5.30. The Morgan fingerprint density at radius 3 is 2.74 bits per heavy atom. The Labute approximate surface area is 115 Å². The highest BCUT2D eigenvalue weighted by Crippen LogP contribution is 2.19. The van der Waals surface area contributed by atoms with Crippen LogP contribution in [0.5, 0.6) is 0 Å². The summed E-state index contributed by atoms with van der Waals surface area (Å²) in [4.78, 5) is 24.9. The average Bonchev–Trinajstić information content (AvgIpc) is 2.86. The van der Waals surface area contributed by atoms with Gasteiger partial charge in [-0.25, -0.2) is 0 Å². The van der Waals surface area contributed by atoms with Crippen LogP contribution in [0, 0.1) is 0 Å². The molecule has 0 radical (unpaired) electrons. The van der Waals surface area contributed by atoms with Crippen molar-refractivity contribution in [3.05, 3.63) is 0 Å². The van der Waals surface area contributed by atoms with Gasteiger partial charge in [0.15, 0.2) is 0 Å². The second-order valence-electron chi connectivity index (χ2n) is 4.83. The van der Waals surface area contributed by atoms with Crippen molar-refractivity contribution in [2.45, 2.75) is 51.5 Å². The highest BCUT2D eigenvalue weighted by molar-refractivity contribution is 5.75. The normalized spacial score (nSPS) is 19.4. The van der Waals surface area contributed by atoms with Gasteiger partial charge in [-0.15, -0.1) is 0 Å². The SMILES string of the molecule is CCOC(=O)CCCCCN1CCCC1C(=O)OC. The van der Waals surface area contributed by atoms with Crippen molar-refractivity contribution in [2.24, 2.45) is 0 Å². The van der Waals surface area contributed by atoms with Crippen molar-refractivity contribution in [3.8, 4) is 0 Å². The second-order valence-corrected chi connectivity index (χ2v) is 4.83. The number of likely N-dealkylation sites (tertiary alicyclic amines) is 1. The van der Waals surface area contributed by atoms with E-state index in [1.807, 2.05) is 6.92 Å². The van der Waals surface area contributed by atoms with Gasteiger partial charge in [-0.1, -0.05) is 6.42 Å². The molecule has 1 aliphatic heterocycles. The van der Waals surface area contributed by atoms with E-state index in [1.54, 1.807) is 0 Å². The van der Waals surface area contributed by atoms with Gasteiger partial charge in [-0.3, -0.25) is 14.5 Å². The zero-order chi connectivity index (χ0) is 14.1. The molecule has 19 heavy (non-hydrogen) atoms. The van der Waals surface area contributed by atoms with Gasteiger partial charge in [-0.2, -0.15) is 0 Å². The van der Waals surface area contributed by atoms with Crippen LogP contribution in [0.4, 0.5) is 0 Å². The number of hydrogen-bond acceptors (Lipinski definition) is 5. The first kappa shape index (κ1) is 16.0. The fourth-order valence-corrected chi connectivity index (χ4v) is 2.49. The molecule has 5 nitrogen and oxygen atoms in total. The molecule has 0 aliphatic carbocycles. The summed E-state index contributed by atoms with van der Waals surface area (Å²) in [6, 6.07) is -0.0601. The van der Waals surface area contributed by atoms with E-state index in [2.05, 4.69) is 4.90 Å². The predicted molar refractivity (Wildman–Crippen MR) is 71.7 cm³/mol. The zero-order valence-corrected chi connectivity index (χ0v) is 12.0. The van der Waals surface area contributed by atoms with E-state index in [1.165, 1.54) is 7.11 Å². The van der Waals surface area contributed by atoms with Crippen LogP contribution in [0.25, 0.3) is 0 Å². The number of carbonyl (C=O) groups is 2. The minimum Gasteiger partial charge on any atom is -0.468 e. The van der Waals surface area contributed by atoms with E-state index in [-0.39, 0.29) is 18.0 Å². The molecule has 1 saturated heterocycles. The number of hydrogen-bond donors (Lipinski definition) is 0. The van der Waals surface area contributed by atoms with Crippen molar-refractivity contribution in [3.63, 3.8) is 0 Å². The minimum absolute atomic E-state index is 0.0601. The molecule has 1 atom stereocenters. The second kappa shape index (κ2) is 8.91. The topological polar surface area (TPSA) is 55.8 Å². The van der Waals surface area contributed by atoms with Crippen LogP contribution in [0.2, 0.25) is 0 Å². The van der Waals surface area contributed by atoms with Gasteiger partial charge in [0.2, 0.25) is 0 Å². The molecule has 0 N–H and O–H groups in total. The molecule has 1 aliphatic rings. The van der Waals surface area contributed by atoms with Crippen molar-refractivity contribution in [1.29, 1.82) is 0 Å². The molecule has 5 heteroatoms. The lowest BCUT2D eigenvalue weighted by atomic mass is 10.1. The number of rotatable bonds is 8. The molecule has 0 saturated carbocycles. The van der Waals surface area contributed by atoms with Gasteiger partial charge in [-0.05, 0) is 45.7 Å². The van der Waals surface area contributed by atoms with E-state index < -0.39 is 0 Å². The maximum absolute atomic E-state index is 11.5. The number of methoxy groups -OCH3 is 1. The zero-order valence-electron chi connectivity index (χ0n) is 12.0. The highest BCUT2D eigenvalue weighted by atomic mass is 16.5. The summed E-state index contributed by atoms with van der Waals surface area (Å²) < 4.78 is 9.68. The quantitative estimate of drug-likeness (QED) is 0.497. The standard InChI is InChI=1S/C14H25NO4/c1-3-19-13(16)9-5-4-6-10-15-11-7-8-12(15)14(17)18-2/h12H,3-11H2,1-2H3. The fourth-order valence-electron chi connectivity index (χ4n) is 2.49. The molecule has 110 valence electrons. The van der Waals surface area contributed by atoms with Crippen LogP contribution in [0.15, 0.2) is 0 Å². The first-order valence-corrected chi connectivity index (χ1v) is 7.16. The third-order valence-corrected chi connectivity index (χ3v) is 3.47. The number of carbonyl (C=O) groups excluding carboxylic acids is 2. The molecule has 1 heterocycles. The largest absolute Gasteiger partial charge is 0.468 e. The molecule has 0 aromatic rings. The number of nitrogens with zero attached hydrogens (tertiary/aromatic N) is 1. The third-order valence-electron chi connectivity index (χ3n) is 3.47. The predicted octanol–water partition coefficient (Wildman–Crippen LogP) is 1.75. The minimum atomic E-state index is -0.121. The van der Waals surface area contributed by atoms with E-state index in [0.29, 0.717) is 13.0 Å². The Balaban J connectivity index is 2.12. The summed E-state index contributed by atoms with van der Waals surface area (Å²) in [6.45, 7) is 4.14. The smallest absolute Gasteiger partial charge is 0.323 e. The van der Waals surface area contributed by atoms with Gasteiger partial charge in [0.25, 0.3) is 0 Å². The lowest BCUT2D eigenvalue weighted by Gasteiger charge is -2.21. The first-order valence-electron chi connectivity index (χ1n) is 7.16. The molecule has 0 amide bonds. The molecule has 1 unspecified atom stereocenters. The lowest BCUT2D eigenvalue weighted by molar-refractivity contribution is -0.146. The number of esters is 2. The Hall–Kier alpha value is -1.10. The van der Waals surface area contributed by atoms with E-state index >= 15 is 0 Å². The van der Waals surface area contributed by atoms with Gasteiger partial charge in [0, 0.05) is 6.42 Å². The number of ether oxygens (including phenoxy) is 2. The van der Waals surface area contributed by atoms with Crippen molar-refractivity contribution in [1.82, 2.24) is 4.90 Å². The summed E-state index contributed by atoms with van der Waals surface area (Å²) in [7, 11) is 1.44. The summed E-state index contributed by atoms with van der Waals surface area (Å²) in [5, 5.41) is 0. The maximum atomic E-state index is 11.5. The molecule has 0 bridgehead atoms. The molecule has 1 rings (SSSR count). The van der Waals surface area contributed by atoms with Gasteiger partial charge in [0.05, 0.1) is 13.7 Å². The van der Waals surface area contributed by atoms with E-state index in [9.17, 15) is 9.59 Å². The Bertz CT molecular complexity index is 293. The fraction of sp³-hybridized carbons (Fsp3) is 0.857. The Morgan fingerprint density at radius 2 is 2.05 bits per heavy atom. The Kier molecular flexibility index (Phi) is 7.48. The summed E-state index contributed by atoms with van der Waals surface area (Å²) in [5.74, 6) is -0.236. The van der Waals surface area contributed by atoms with Crippen molar-refractivity contribution >= 4 is 11.9 Å².